The number of carbonyl (C=O) groups is 1. The number of rotatable bonds is 8. The largest absolute Gasteiger partial charge is 0.495 e. The summed E-state index contributed by atoms with van der Waals surface area (Å²) in [6.07, 6.45) is -0.0564. The Kier molecular flexibility index (Phi) is 7.06. The average Bonchev–Trinajstić information content (AvgIpc) is 2.63. The van der Waals surface area contributed by atoms with E-state index < -0.39 is 10.0 Å². The maximum atomic E-state index is 12.2. The lowest BCUT2D eigenvalue weighted by Gasteiger charge is -2.13. The number of amides is 1. The number of anilines is 1. The zero-order valence-electron chi connectivity index (χ0n) is 15.2. The zero-order chi connectivity index (χ0) is 20.0. The van der Waals surface area contributed by atoms with Crippen molar-refractivity contribution in [1.29, 1.82) is 0 Å². The first-order chi connectivity index (χ1) is 12.8. The van der Waals surface area contributed by atoms with Crippen LogP contribution in [0.2, 0.25) is 5.02 Å². The maximum absolute atomic E-state index is 12.2. The van der Waals surface area contributed by atoms with E-state index >= 15 is 0 Å². The van der Waals surface area contributed by atoms with Crippen molar-refractivity contribution in [1.82, 2.24) is 4.72 Å². The zero-order valence-corrected chi connectivity index (χ0v) is 16.8. The molecule has 9 heteroatoms. The van der Waals surface area contributed by atoms with E-state index in [0.717, 1.165) is 5.56 Å². The van der Waals surface area contributed by atoms with Gasteiger partial charge in [-0.05, 0) is 19.1 Å². The summed E-state index contributed by atoms with van der Waals surface area (Å²) >= 11 is 6.02. The summed E-state index contributed by atoms with van der Waals surface area (Å²) in [6, 6.07) is 9.51. The third-order valence-corrected chi connectivity index (χ3v) is 5.50. The number of hydrogen-bond donors (Lipinski definition) is 2. The molecule has 146 valence electrons. The second-order valence-electron chi connectivity index (χ2n) is 5.70. The van der Waals surface area contributed by atoms with Crippen molar-refractivity contribution in [2.24, 2.45) is 0 Å². The van der Waals surface area contributed by atoms with Crippen LogP contribution in [0.15, 0.2) is 41.3 Å². The van der Waals surface area contributed by atoms with Gasteiger partial charge < -0.3 is 14.8 Å². The fourth-order valence-electron chi connectivity index (χ4n) is 2.27. The standard InChI is InChI=1S/C18H21ClN2O5S/c1-12-4-6-13(7-5-12)27(23,24)20-9-8-18(22)21-15-11-16(25-2)14(19)10-17(15)26-3/h4-7,10-11,20H,8-9H2,1-3H3,(H,21,22). The molecular formula is C18H21ClN2O5S. The molecule has 0 aliphatic heterocycles. The molecule has 1 amide bonds. The van der Waals surface area contributed by atoms with Crippen molar-refractivity contribution < 1.29 is 22.7 Å². The van der Waals surface area contributed by atoms with Crippen LogP contribution in [-0.4, -0.2) is 35.1 Å². The molecule has 0 atom stereocenters. The molecule has 2 aromatic rings. The summed E-state index contributed by atoms with van der Waals surface area (Å²) in [4.78, 5) is 12.3. The first-order valence-corrected chi connectivity index (χ1v) is 9.90. The van der Waals surface area contributed by atoms with Crippen LogP contribution in [0.5, 0.6) is 11.5 Å². The Morgan fingerprint density at radius 3 is 2.30 bits per heavy atom. The lowest BCUT2D eigenvalue weighted by molar-refractivity contribution is -0.116. The highest BCUT2D eigenvalue weighted by Crippen LogP contribution is 2.35. The highest BCUT2D eigenvalue weighted by atomic mass is 35.5. The number of carbonyl (C=O) groups excluding carboxylic acids is 1. The van der Waals surface area contributed by atoms with Gasteiger partial charge in [0.25, 0.3) is 0 Å². The van der Waals surface area contributed by atoms with Gasteiger partial charge in [0.15, 0.2) is 0 Å². The van der Waals surface area contributed by atoms with Crippen LogP contribution < -0.4 is 19.5 Å². The number of halogens is 1. The quantitative estimate of drug-likeness (QED) is 0.695. The van der Waals surface area contributed by atoms with Gasteiger partial charge in [-0.3, -0.25) is 4.79 Å². The monoisotopic (exact) mass is 412 g/mol. The van der Waals surface area contributed by atoms with E-state index in [4.69, 9.17) is 21.1 Å². The van der Waals surface area contributed by atoms with Crippen LogP contribution in [0.25, 0.3) is 0 Å². The number of benzene rings is 2. The Morgan fingerprint density at radius 2 is 1.70 bits per heavy atom. The molecule has 2 rings (SSSR count). The molecule has 0 aliphatic carbocycles. The second-order valence-corrected chi connectivity index (χ2v) is 7.87. The Hall–Kier alpha value is -2.29. The summed E-state index contributed by atoms with van der Waals surface area (Å²) in [6.45, 7) is 1.82. The van der Waals surface area contributed by atoms with Crippen LogP contribution in [-0.2, 0) is 14.8 Å². The van der Waals surface area contributed by atoms with Crippen molar-refractivity contribution in [2.45, 2.75) is 18.2 Å². The van der Waals surface area contributed by atoms with E-state index in [-0.39, 0.29) is 23.8 Å². The molecule has 0 unspecified atom stereocenters. The Balaban J connectivity index is 1.97. The van der Waals surface area contributed by atoms with Crippen LogP contribution in [0.3, 0.4) is 0 Å². The summed E-state index contributed by atoms with van der Waals surface area (Å²) in [5.74, 6) is 0.367. The maximum Gasteiger partial charge on any atom is 0.240 e. The Bertz CT molecular complexity index is 914. The lowest BCUT2D eigenvalue weighted by atomic mass is 10.2. The number of sulfonamides is 1. The summed E-state index contributed by atoms with van der Waals surface area (Å²) in [5, 5.41) is 3.01. The SMILES string of the molecule is COc1cc(NC(=O)CCNS(=O)(=O)c2ccc(C)cc2)c(OC)cc1Cl. The lowest BCUT2D eigenvalue weighted by Crippen LogP contribution is -2.27. The minimum Gasteiger partial charge on any atom is -0.495 e. The van der Waals surface area contributed by atoms with Gasteiger partial charge in [0.05, 0.1) is 29.8 Å². The van der Waals surface area contributed by atoms with Gasteiger partial charge in [0, 0.05) is 25.1 Å². The van der Waals surface area contributed by atoms with Gasteiger partial charge in [-0.1, -0.05) is 29.3 Å². The minimum atomic E-state index is -3.67. The van der Waals surface area contributed by atoms with Crippen molar-refractivity contribution in [3.63, 3.8) is 0 Å². The van der Waals surface area contributed by atoms with E-state index in [1.54, 1.807) is 12.1 Å². The van der Waals surface area contributed by atoms with E-state index in [1.807, 2.05) is 6.92 Å². The molecule has 0 saturated carbocycles. The summed E-state index contributed by atoms with van der Waals surface area (Å²) in [5.41, 5.74) is 1.34. The van der Waals surface area contributed by atoms with Gasteiger partial charge in [-0.2, -0.15) is 0 Å². The highest BCUT2D eigenvalue weighted by Gasteiger charge is 2.15. The highest BCUT2D eigenvalue weighted by molar-refractivity contribution is 7.89. The third-order valence-electron chi connectivity index (χ3n) is 3.72. The molecule has 0 spiro atoms. The van der Waals surface area contributed by atoms with Crippen LogP contribution in [0.1, 0.15) is 12.0 Å². The second kappa shape index (κ2) is 9.07. The smallest absolute Gasteiger partial charge is 0.240 e. The molecular weight excluding hydrogens is 392 g/mol. The van der Waals surface area contributed by atoms with E-state index in [0.29, 0.717) is 22.2 Å². The number of methoxy groups -OCH3 is 2. The van der Waals surface area contributed by atoms with Crippen LogP contribution in [0.4, 0.5) is 5.69 Å². The molecule has 0 aliphatic rings. The van der Waals surface area contributed by atoms with Gasteiger partial charge in [0.1, 0.15) is 11.5 Å². The van der Waals surface area contributed by atoms with Crippen molar-refractivity contribution in [3.8, 4) is 11.5 Å². The van der Waals surface area contributed by atoms with Gasteiger partial charge in [-0.15, -0.1) is 0 Å². The van der Waals surface area contributed by atoms with Gasteiger partial charge in [-0.25, -0.2) is 13.1 Å². The Morgan fingerprint density at radius 1 is 1.07 bits per heavy atom. The molecule has 27 heavy (non-hydrogen) atoms. The number of hydrogen-bond acceptors (Lipinski definition) is 5. The average molecular weight is 413 g/mol. The normalized spacial score (nSPS) is 11.1. The first kappa shape index (κ1) is 21.0. The molecule has 7 nitrogen and oxygen atoms in total. The summed E-state index contributed by atoms with van der Waals surface area (Å²) < 4.78 is 37.1. The van der Waals surface area contributed by atoms with E-state index in [1.165, 1.54) is 38.5 Å². The fraction of sp³-hybridized carbons (Fsp3) is 0.278. The fourth-order valence-corrected chi connectivity index (χ4v) is 3.53. The van der Waals surface area contributed by atoms with Crippen LogP contribution in [0, 0.1) is 6.92 Å². The number of aryl methyl sites for hydroxylation is 1. The first-order valence-electron chi connectivity index (χ1n) is 8.04. The molecule has 2 aromatic carbocycles. The van der Waals surface area contributed by atoms with Gasteiger partial charge in [0.2, 0.25) is 15.9 Å². The topological polar surface area (TPSA) is 93.7 Å². The molecule has 0 aromatic heterocycles. The molecule has 0 bridgehead atoms. The number of ether oxygens (including phenoxy) is 2. The van der Waals surface area contributed by atoms with Crippen molar-refractivity contribution >= 4 is 33.2 Å². The minimum absolute atomic E-state index is 0.0465. The molecule has 0 fully saturated rings. The van der Waals surface area contributed by atoms with Crippen LogP contribution >= 0.6 is 11.6 Å². The van der Waals surface area contributed by atoms with Crippen molar-refractivity contribution in [2.75, 3.05) is 26.1 Å². The van der Waals surface area contributed by atoms with Gasteiger partial charge >= 0.3 is 0 Å². The number of nitrogens with one attached hydrogen (secondary N) is 2. The molecule has 0 saturated heterocycles. The predicted octanol–water partition coefficient (Wildman–Crippen LogP) is 2.97. The third kappa shape index (κ3) is 5.59. The summed E-state index contributed by atoms with van der Waals surface area (Å²) in [7, 11) is -0.761. The molecule has 0 radical (unpaired) electrons. The van der Waals surface area contributed by atoms with E-state index in [9.17, 15) is 13.2 Å². The predicted molar refractivity (Wildman–Crippen MR) is 104 cm³/mol. The van der Waals surface area contributed by atoms with E-state index in [2.05, 4.69) is 10.0 Å². The molecule has 2 N–H and O–H groups in total. The molecule has 0 heterocycles. The van der Waals surface area contributed by atoms with Crippen molar-refractivity contribution in [3.05, 3.63) is 47.0 Å². The Labute approximate surface area is 163 Å².